The quantitative estimate of drug-likeness (QED) is 0.447. The number of rotatable bonds is 4. The van der Waals surface area contributed by atoms with Crippen LogP contribution in [0, 0.1) is 3.57 Å². The maximum atomic E-state index is 12.6. The first-order valence-corrected chi connectivity index (χ1v) is 9.46. The van der Waals surface area contributed by atoms with E-state index < -0.39 is 11.8 Å². The zero-order valence-electron chi connectivity index (χ0n) is 14.5. The minimum absolute atomic E-state index is 0.0849. The van der Waals surface area contributed by atoms with Crippen LogP contribution in [0.25, 0.3) is 10.8 Å². The number of hydrazine groups is 1. The number of carbonyl (C=O) groups is 2. The van der Waals surface area contributed by atoms with Crippen LogP contribution in [-0.2, 0) is 6.54 Å². The predicted molar refractivity (Wildman–Crippen MR) is 110 cm³/mol. The fraction of sp³-hybridized carbons (Fsp3) is 0.158. The first-order chi connectivity index (χ1) is 13.0. The van der Waals surface area contributed by atoms with E-state index in [1.807, 2.05) is 35.6 Å². The molecule has 0 fully saturated rings. The maximum Gasteiger partial charge on any atom is 0.290 e. The fourth-order valence-electron chi connectivity index (χ4n) is 2.65. The lowest BCUT2D eigenvalue weighted by Crippen LogP contribution is -2.43. The van der Waals surface area contributed by atoms with Gasteiger partial charge in [0.05, 0.1) is 10.9 Å². The molecule has 0 bridgehead atoms. The van der Waals surface area contributed by atoms with Crippen LogP contribution in [0.5, 0.6) is 0 Å². The zero-order valence-corrected chi connectivity index (χ0v) is 16.7. The number of carbonyl (C=O) groups excluding carboxylic acids is 2. The number of nitrogens with zero attached hydrogens (tertiary/aromatic N) is 2. The molecular weight excluding hydrogens is 459 g/mol. The minimum atomic E-state index is -0.588. The van der Waals surface area contributed by atoms with E-state index in [1.165, 1.54) is 4.68 Å². The summed E-state index contributed by atoms with van der Waals surface area (Å²) in [5.41, 5.74) is 5.08. The minimum Gasteiger partial charge on any atom is -0.267 e. The summed E-state index contributed by atoms with van der Waals surface area (Å²) >= 11 is 2.05. The molecule has 1 heterocycles. The van der Waals surface area contributed by atoms with Gasteiger partial charge in [0.15, 0.2) is 5.69 Å². The van der Waals surface area contributed by atoms with E-state index in [4.69, 9.17) is 0 Å². The molecule has 0 atom stereocenters. The monoisotopic (exact) mass is 476 g/mol. The molecule has 3 aromatic rings. The molecule has 0 unspecified atom stereocenters. The van der Waals surface area contributed by atoms with E-state index in [9.17, 15) is 14.4 Å². The van der Waals surface area contributed by atoms with Gasteiger partial charge in [-0.25, -0.2) is 4.68 Å². The van der Waals surface area contributed by atoms with E-state index >= 15 is 0 Å². The van der Waals surface area contributed by atoms with Crippen molar-refractivity contribution in [2.45, 2.75) is 19.9 Å². The molecule has 0 spiro atoms. The Morgan fingerprint density at radius 1 is 1.00 bits per heavy atom. The van der Waals surface area contributed by atoms with Gasteiger partial charge in [-0.05, 0) is 47.2 Å². The highest BCUT2D eigenvalue weighted by Crippen LogP contribution is 2.14. The van der Waals surface area contributed by atoms with Gasteiger partial charge >= 0.3 is 0 Å². The van der Waals surface area contributed by atoms with Gasteiger partial charge in [0.25, 0.3) is 17.4 Å². The van der Waals surface area contributed by atoms with E-state index in [0.29, 0.717) is 29.3 Å². The SMILES string of the molecule is CCCn1nc(C(=O)NNC(=O)c2ccccc2I)c2ccccc2c1=O. The third-order valence-electron chi connectivity index (χ3n) is 3.93. The van der Waals surface area contributed by atoms with Crippen molar-refractivity contribution < 1.29 is 9.59 Å². The number of benzene rings is 2. The molecule has 0 saturated carbocycles. The fourth-order valence-corrected chi connectivity index (χ4v) is 3.28. The number of aromatic nitrogens is 2. The average molecular weight is 476 g/mol. The Bertz CT molecular complexity index is 1080. The molecule has 7 nitrogen and oxygen atoms in total. The van der Waals surface area contributed by atoms with Crippen LogP contribution >= 0.6 is 22.6 Å². The van der Waals surface area contributed by atoms with Gasteiger partial charge in [0.1, 0.15) is 0 Å². The van der Waals surface area contributed by atoms with Gasteiger partial charge in [0, 0.05) is 15.5 Å². The zero-order chi connectivity index (χ0) is 19.4. The summed E-state index contributed by atoms with van der Waals surface area (Å²) in [6.07, 6.45) is 0.704. The van der Waals surface area contributed by atoms with Crippen molar-refractivity contribution in [1.82, 2.24) is 20.6 Å². The number of aryl methyl sites for hydroxylation is 1. The third kappa shape index (κ3) is 4.00. The Labute approximate surface area is 168 Å². The Morgan fingerprint density at radius 3 is 2.33 bits per heavy atom. The molecule has 0 aliphatic carbocycles. The largest absolute Gasteiger partial charge is 0.290 e. The highest BCUT2D eigenvalue weighted by atomic mass is 127. The van der Waals surface area contributed by atoms with Crippen molar-refractivity contribution >= 4 is 45.2 Å². The Hall–Kier alpha value is -2.75. The van der Waals surface area contributed by atoms with Gasteiger partial charge in [-0.15, -0.1) is 0 Å². The summed E-state index contributed by atoms with van der Waals surface area (Å²) in [7, 11) is 0. The van der Waals surface area contributed by atoms with Crippen LogP contribution in [-0.4, -0.2) is 21.6 Å². The second kappa shape index (κ2) is 8.30. The van der Waals surface area contributed by atoms with Gasteiger partial charge in [-0.3, -0.25) is 25.2 Å². The third-order valence-corrected chi connectivity index (χ3v) is 4.87. The van der Waals surface area contributed by atoms with Gasteiger partial charge in [-0.1, -0.05) is 37.3 Å². The molecule has 0 radical (unpaired) electrons. The van der Waals surface area contributed by atoms with E-state index in [-0.39, 0.29) is 11.3 Å². The van der Waals surface area contributed by atoms with Crippen LogP contribution in [0.4, 0.5) is 0 Å². The van der Waals surface area contributed by atoms with Gasteiger partial charge in [0.2, 0.25) is 0 Å². The molecule has 27 heavy (non-hydrogen) atoms. The molecule has 8 heteroatoms. The molecule has 2 N–H and O–H groups in total. The second-order valence-corrected chi connectivity index (χ2v) is 6.97. The molecule has 0 aliphatic rings. The molecule has 1 aromatic heterocycles. The summed E-state index contributed by atoms with van der Waals surface area (Å²) in [5.74, 6) is -1.02. The topological polar surface area (TPSA) is 93.1 Å². The Balaban J connectivity index is 1.89. The van der Waals surface area contributed by atoms with Crippen molar-refractivity contribution in [3.05, 3.63) is 73.7 Å². The van der Waals surface area contributed by atoms with E-state index in [2.05, 4.69) is 16.0 Å². The van der Waals surface area contributed by atoms with Gasteiger partial charge in [-0.2, -0.15) is 5.10 Å². The normalized spacial score (nSPS) is 10.6. The van der Waals surface area contributed by atoms with Crippen molar-refractivity contribution in [1.29, 1.82) is 0 Å². The lowest BCUT2D eigenvalue weighted by Gasteiger charge is -2.12. The number of fused-ring (bicyclic) bond motifs is 1. The van der Waals surface area contributed by atoms with Crippen LogP contribution in [0.1, 0.15) is 34.2 Å². The number of halogens is 1. The molecule has 0 aliphatic heterocycles. The summed E-state index contributed by atoms with van der Waals surface area (Å²) in [6, 6.07) is 13.8. The number of nitrogens with one attached hydrogen (secondary N) is 2. The smallest absolute Gasteiger partial charge is 0.267 e. The Morgan fingerprint density at radius 2 is 1.63 bits per heavy atom. The summed E-state index contributed by atoms with van der Waals surface area (Å²) in [6.45, 7) is 2.32. The molecule has 2 amide bonds. The number of hydrogen-bond acceptors (Lipinski definition) is 4. The standard InChI is InChI=1S/C19H17IN4O3/c1-2-11-24-19(27)13-8-4-3-7-12(13)16(23-24)18(26)22-21-17(25)14-9-5-6-10-15(14)20/h3-10H,2,11H2,1H3,(H,21,25)(H,22,26). The molecule has 2 aromatic carbocycles. The number of amides is 2. The van der Waals surface area contributed by atoms with Crippen LogP contribution in [0.15, 0.2) is 53.3 Å². The first kappa shape index (κ1) is 19.0. The summed E-state index contributed by atoms with van der Waals surface area (Å²) in [5, 5.41) is 5.05. The highest BCUT2D eigenvalue weighted by Gasteiger charge is 2.17. The molecular formula is C19H17IN4O3. The lowest BCUT2D eigenvalue weighted by atomic mass is 10.1. The molecule has 3 rings (SSSR count). The maximum absolute atomic E-state index is 12.6. The first-order valence-electron chi connectivity index (χ1n) is 8.38. The van der Waals surface area contributed by atoms with Crippen molar-refractivity contribution in [2.75, 3.05) is 0 Å². The van der Waals surface area contributed by atoms with E-state index in [0.717, 1.165) is 3.57 Å². The predicted octanol–water partition coefficient (Wildman–Crippen LogP) is 2.49. The van der Waals surface area contributed by atoms with Crippen molar-refractivity contribution in [3.8, 4) is 0 Å². The van der Waals surface area contributed by atoms with Crippen LogP contribution in [0.2, 0.25) is 0 Å². The lowest BCUT2D eigenvalue weighted by molar-refractivity contribution is 0.0843. The van der Waals surface area contributed by atoms with Crippen molar-refractivity contribution in [3.63, 3.8) is 0 Å². The Kier molecular flexibility index (Phi) is 5.84. The van der Waals surface area contributed by atoms with Crippen LogP contribution in [0.3, 0.4) is 0 Å². The molecule has 138 valence electrons. The van der Waals surface area contributed by atoms with Crippen LogP contribution < -0.4 is 16.4 Å². The highest BCUT2D eigenvalue weighted by molar-refractivity contribution is 14.1. The summed E-state index contributed by atoms with van der Waals surface area (Å²) in [4.78, 5) is 37.4. The number of hydrogen-bond donors (Lipinski definition) is 2. The van der Waals surface area contributed by atoms with E-state index in [1.54, 1.807) is 42.5 Å². The summed E-state index contributed by atoms with van der Waals surface area (Å²) < 4.78 is 2.04. The van der Waals surface area contributed by atoms with Crippen molar-refractivity contribution in [2.24, 2.45) is 0 Å². The van der Waals surface area contributed by atoms with Gasteiger partial charge < -0.3 is 0 Å². The average Bonchev–Trinajstić information content (AvgIpc) is 2.68. The molecule has 0 saturated heterocycles. The second-order valence-electron chi connectivity index (χ2n) is 5.81.